The van der Waals surface area contributed by atoms with E-state index in [4.69, 9.17) is 5.73 Å². The molecule has 1 aliphatic rings. The highest BCUT2D eigenvalue weighted by molar-refractivity contribution is 9.11. The van der Waals surface area contributed by atoms with Crippen molar-refractivity contribution in [2.24, 2.45) is 0 Å². The van der Waals surface area contributed by atoms with Crippen LogP contribution in [0, 0.1) is 0 Å². The quantitative estimate of drug-likeness (QED) is 0.696. The van der Waals surface area contributed by atoms with E-state index in [9.17, 15) is 13.2 Å². The molecule has 0 saturated carbocycles. The summed E-state index contributed by atoms with van der Waals surface area (Å²) < 4.78 is 27.9. The third-order valence-corrected chi connectivity index (χ3v) is 6.04. The summed E-state index contributed by atoms with van der Waals surface area (Å²) in [6.07, 6.45) is 1.92. The lowest BCUT2D eigenvalue weighted by atomic mass is 10.3. The van der Waals surface area contributed by atoms with Crippen molar-refractivity contribution in [1.29, 1.82) is 0 Å². The lowest BCUT2D eigenvalue weighted by Gasteiger charge is -2.16. The zero-order valence-corrected chi connectivity index (χ0v) is 15.1. The highest BCUT2D eigenvalue weighted by Crippen LogP contribution is 2.31. The van der Waals surface area contributed by atoms with Gasteiger partial charge in [0.2, 0.25) is 15.9 Å². The first-order valence-corrected chi connectivity index (χ1v) is 9.40. The fraction of sp³-hybridized carbons (Fsp3) is 0.417. The average Bonchev–Trinajstić information content (AvgIpc) is 2.88. The van der Waals surface area contributed by atoms with E-state index in [1.807, 2.05) is 0 Å². The van der Waals surface area contributed by atoms with E-state index in [2.05, 4.69) is 36.6 Å². The molecule has 1 fully saturated rings. The molecule has 1 heterocycles. The van der Waals surface area contributed by atoms with Gasteiger partial charge >= 0.3 is 0 Å². The fourth-order valence-electron chi connectivity index (χ4n) is 2.17. The van der Waals surface area contributed by atoms with Gasteiger partial charge < -0.3 is 10.6 Å². The van der Waals surface area contributed by atoms with Gasteiger partial charge in [-0.15, -0.1) is 0 Å². The van der Waals surface area contributed by atoms with Gasteiger partial charge in [0.25, 0.3) is 0 Å². The number of likely N-dealkylation sites (tertiary alicyclic amines) is 1. The largest absolute Gasteiger partial charge is 0.398 e. The molecule has 0 bridgehead atoms. The number of anilines is 1. The fourth-order valence-corrected chi connectivity index (χ4v) is 5.21. The Balaban J connectivity index is 2.13. The predicted octanol–water partition coefficient (Wildman–Crippen LogP) is 1.69. The zero-order chi connectivity index (χ0) is 15.6. The summed E-state index contributed by atoms with van der Waals surface area (Å²) >= 11 is 6.42. The van der Waals surface area contributed by atoms with Crippen LogP contribution in [0.15, 0.2) is 26.0 Å². The molecule has 0 atom stereocenters. The molecule has 9 heteroatoms. The van der Waals surface area contributed by atoms with Gasteiger partial charge in [-0.2, -0.15) is 0 Å². The second kappa shape index (κ2) is 6.64. The standard InChI is InChI=1S/C12H15Br2N3O3S/c13-8-5-9(14)12(10(15)6-8)21(19,20)16-7-11(18)17-3-1-2-4-17/h5-6,16H,1-4,7,15H2. The van der Waals surface area contributed by atoms with Crippen LogP contribution in [0.1, 0.15) is 12.8 Å². The number of sulfonamides is 1. The molecule has 6 nitrogen and oxygen atoms in total. The molecule has 0 radical (unpaired) electrons. The van der Waals surface area contributed by atoms with Crippen LogP contribution in [0.25, 0.3) is 0 Å². The van der Waals surface area contributed by atoms with Crippen LogP contribution in [-0.4, -0.2) is 38.9 Å². The van der Waals surface area contributed by atoms with Gasteiger partial charge in [-0.1, -0.05) is 15.9 Å². The topological polar surface area (TPSA) is 92.5 Å². The summed E-state index contributed by atoms with van der Waals surface area (Å²) in [6, 6.07) is 3.09. The van der Waals surface area contributed by atoms with Crippen molar-refractivity contribution in [2.75, 3.05) is 25.4 Å². The molecule has 1 saturated heterocycles. The number of nitrogens with one attached hydrogen (secondary N) is 1. The summed E-state index contributed by atoms with van der Waals surface area (Å²) in [4.78, 5) is 13.5. The zero-order valence-electron chi connectivity index (χ0n) is 11.1. The van der Waals surface area contributed by atoms with Gasteiger partial charge in [0.15, 0.2) is 0 Å². The Morgan fingerprint density at radius 3 is 2.48 bits per heavy atom. The number of benzene rings is 1. The number of carbonyl (C=O) groups is 1. The minimum atomic E-state index is -3.85. The summed E-state index contributed by atoms with van der Waals surface area (Å²) in [6.45, 7) is 1.11. The van der Waals surface area contributed by atoms with Crippen molar-refractivity contribution in [2.45, 2.75) is 17.7 Å². The second-order valence-electron chi connectivity index (χ2n) is 4.72. The normalized spacial score (nSPS) is 15.4. The van der Waals surface area contributed by atoms with Crippen molar-refractivity contribution < 1.29 is 13.2 Å². The number of hydrogen-bond donors (Lipinski definition) is 2. The lowest BCUT2D eigenvalue weighted by molar-refractivity contribution is -0.128. The van der Waals surface area contributed by atoms with Gasteiger partial charge in [-0.25, -0.2) is 13.1 Å². The van der Waals surface area contributed by atoms with E-state index in [-0.39, 0.29) is 23.0 Å². The first-order valence-electron chi connectivity index (χ1n) is 6.33. The molecule has 0 aromatic heterocycles. The van der Waals surface area contributed by atoms with Gasteiger partial charge in [-0.05, 0) is 40.9 Å². The van der Waals surface area contributed by atoms with Gasteiger partial charge in [0, 0.05) is 22.0 Å². The van der Waals surface area contributed by atoms with E-state index < -0.39 is 10.0 Å². The molecule has 1 aromatic carbocycles. The Hall–Kier alpha value is -0.640. The van der Waals surface area contributed by atoms with Crippen molar-refractivity contribution in [1.82, 2.24) is 9.62 Å². The third kappa shape index (κ3) is 3.97. The van der Waals surface area contributed by atoms with E-state index in [1.165, 1.54) is 6.07 Å². The van der Waals surface area contributed by atoms with Crippen LogP contribution in [0.2, 0.25) is 0 Å². The van der Waals surface area contributed by atoms with Crippen LogP contribution >= 0.6 is 31.9 Å². The number of amides is 1. The molecule has 3 N–H and O–H groups in total. The van der Waals surface area contributed by atoms with E-state index in [1.54, 1.807) is 11.0 Å². The van der Waals surface area contributed by atoms with E-state index in [0.717, 1.165) is 12.8 Å². The number of carbonyl (C=O) groups excluding carboxylic acids is 1. The smallest absolute Gasteiger partial charge is 0.244 e. The Kier molecular flexibility index (Phi) is 5.29. The molecular formula is C12H15Br2N3O3S. The SMILES string of the molecule is Nc1cc(Br)cc(Br)c1S(=O)(=O)NCC(=O)N1CCCC1. The van der Waals surface area contributed by atoms with Crippen LogP contribution in [0.4, 0.5) is 5.69 Å². The van der Waals surface area contributed by atoms with Crippen molar-refractivity contribution in [3.63, 3.8) is 0 Å². The summed E-state index contributed by atoms with van der Waals surface area (Å²) in [5, 5.41) is 0. The molecule has 1 amide bonds. The Bertz CT molecular complexity index is 635. The number of rotatable bonds is 4. The maximum Gasteiger partial charge on any atom is 0.244 e. The maximum atomic E-state index is 12.3. The van der Waals surface area contributed by atoms with Crippen LogP contribution < -0.4 is 10.5 Å². The number of halogens is 2. The summed E-state index contributed by atoms with van der Waals surface area (Å²) in [5.74, 6) is -0.220. The Morgan fingerprint density at radius 2 is 1.90 bits per heavy atom. The third-order valence-electron chi connectivity index (χ3n) is 3.18. The minimum absolute atomic E-state index is 0.0556. The monoisotopic (exact) mass is 439 g/mol. The number of nitrogens with two attached hydrogens (primary N) is 1. The molecule has 1 aromatic rings. The maximum absolute atomic E-state index is 12.3. The predicted molar refractivity (Wildman–Crippen MR) is 87.3 cm³/mol. The second-order valence-corrected chi connectivity index (χ2v) is 8.19. The first kappa shape index (κ1) is 16.7. The van der Waals surface area contributed by atoms with Crippen LogP contribution in [0.3, 0.4) is 0 Å². The van der Waals surface area contributed by atoms with Gasteiger partial charge in [0.05, 0.1) is 12.2 Å². The Morgan fingerprint density at radius 1 is 1.29 bits per heavy atom. The summed E-state index contributed by atoms with van der Waals surface area (Å²) in [5.41, 5.74) is 5.87. The molecule has 0 spiro atoms. The van der Waals surface area contributed by atoms with Crippen molar-refractivity contribution in [3.05, 3.63) is 21.1 Å². The van der Waals surface area contributed by atoms with Crippen LogP contribution in [-0.2, 0) is 14.8 Å². The molecule has 2 rings (SSSR count). The van der Waals surface area contributed by atoms with E-state index in [0.29, 0.717) is 22.0 Å². The Labute approximate surface area is 140 Å². The van der Waals surface area contributed by atoms with Crippen LogP contribution in [0.5, 0.6) is 0 Å². The molecule has 0 unspecified atom stereocenters. The lowest BCUT2D eigenvalue weighted by Crippen LogP contribution is -2.38. The highest BCUT2D eigenvalue weighted by Gasteiger charge is 2.24. The molecule has 1 aliphatic heterocycles. The van der Waals surface area contributed by atoms with Crippen molar-refractivity contribution in [3.8, 4) is 0 Å². The number of nitrogen functional groups attached to an aromatic ring is 1. The molecule has 116 valence electrons. The van der Waals surface area contributed by atoms with Gasteiger partial charge in [0.1, 0.15) is 4.90 Å². The van der Waals surface area contributed by atoms with E-state index >= 15 is 0 Å². The molecule has 0 aliphatic carbocycles. The van der Waals surface area contributed by atoms with Gasteiger partial charge in [-0.3, -0.25) is 4.79 Å². The first-order chi connectivity index (χ1) is 9.81. The molecular weight excluding hydrogens is 426 g/mol. The number of hydrogen-bond acceptors (Lipinski definition) is 4. The summed E-state index contributed by atoms with van der Waals surface area (Å²) in [7, 11) is -3.85. The average molecular weight is 441 g/mol. The van der Waals surface area contributed by atoms with Crippen molar-refractivity contribution >= 4 is 53.5 Å². The minimum Gasteiger partial charge on any atom is -0.398 e. The highest BCUT2D eigenvalue weighted by atomic mass is 79.9. The number of nitrogens with zero attached hydrogens (tertiary/aromatic N) is 1. The molecule has 21 heavy (non-hydrogen) atoms.